The Kier molecular flexibility index (Phi) is 4.62. The first kappa shape index (κ1) is 16.8. The van der Waals surface area contributed by atoms with E-state index in [2.05, 4.69) is 14.7 Å². The van der Waals surface area contributed by atoms with Crippen LogP contribution in [0.4, 0.5) is 5.69 Å². The second kappa shape index (κ2) is 6.86. The van der Waals surface area contributed by atoms with E-state index in [9.17, 15) is 8.42 Å². The van der Waals surface area contributed by atoms with Gasteiger partial charge < -0.3 is 14.5 Å². The zero-order chi connectivity index (χ0) is 17.9. The van der Waals surface area contributed by atoms with E-state index in [4.69, 9.17) is 9.47 Å². The van der Waals surface area contributed by atoms with Gasteiger partial charge in [0.2, 0.25) is 0 Å². The molecule has 0 bridgehead atoms. The number of hydrogen-bond donors (Lipinski definition) is 2. The average molecular weight is 359 g/mol. The molecule has 2 aromatic carbocycles. The minimum atomic E-state index is -3.75. The highest BCUT2D eigenvalue weighted by Crippen LogP contribution is 2.30. The van der Waals surface area contributed by atoms with Crippen LogP contribution in [0.1, 0.15) is 0 Å². The minimum absolute atomic E-state index is 0.0836. The number of aromatic amines is 1. The first-order valence-electron chi connectivity index (χ1n) is 7.38. The van der Waals surface area contributed by atoms with Gasteiger partial charge in [0, 0.05) is 29.7 Å². The number of benzene rings is 2. The fraction of sp³-hybridized carbons (Fsp3) is 0.118. The second-order valence-corrected chi connectivity index (χ2v) is 6.82. The number of ether oxygens (including phenoxy) is 2. The minimum Gasteiger partial charge on any atom is -0.493 e. The number of aromatic nitrogens is 2. The van der Waals surface area contributed by atoms with Crippen LogP contribution in [0, 0.1) is 0 Å². The van der Waals surface area contributed by atoms with Crippen LogP contribution in [0.3, 0.4) is 0 Å². The highest BCUT2D eigenvalue weighted by atomic mass is 32.2. The molecule has 130 valence electrons. The Labute approximate surface area is 145 Å². The predicted octanol–water partition coefficient (Wildman–Crippen LogP) is 2.89. The maximum Gasteiger partial charge on any atom is 0.262 e. The van der Waals surface area contributed by atoms with E-state index in [1.807, 2.05) is 0 Å². The first-order valence-corrected chi connectivity index (χ1v) is 8.86. The van der Waals surface area contributed by atoms with Crippen LogP contribution >= 0.6 is 0 Å². The Morgan fingerprint density at radius 3 is 2.32 bits per heavy atom. The fourth-order valence-electron chi connectivity index (χ4n) is 2.32. The van der Waals surface area contributed by atoms with Gasteiger partial charge in [-0.25, -0.2) is 13.4 Å². The summed E-state index contributed by atoms with van der Waals surface area (Å²) in [7, 11) is -0.802. The maximum atomic E-state index is 12.6. The van der Waals surface area contributed by atoms with Crippen LogP contribution < -0.4 is 14.2 Å². The van der Waals surface area contributed by atoms with E-state index in [1.165, 1.54) is 26.4 Å². The molecule has 0 aliphatic carbocycles. The summed E-state index contributed by atoms with van der Waals surface area (Å²) in [5.41, 5.74) is 1.31. The number of hydrogen-bond acceptors (Lipinski definition) is 5. The number of H-pyrrole nitrogens is 1. The van der Waals surface area contributed by atoms with Crippen molar-refractivity contribution in [1.82, 2.24) is 9.97 Å². The van der Waals surface area contributed by atoms with Crippen LogP contribution in [0.5, 0.6) is 11.5 Å². The molecule has 0 radical (unpaired) electrons. The topological polar surface area (TPSA) is 93.3 Å². The van der Waals surface area contributed by atoms with Gasteiger partial charge in [-0.3, -0.25) is 4.72 Å². The molecular weight excluding hydrogens is 342 g/mol. The van der Waals surface area contributed by atoms with Crippen LogP contribution in [-0.2, 0) is 10.0 Å². The summed E-state index contributed by atoms with van der Waals surface area (Å²) in [6.45, 7) is 0. The molecule has 1 aromatic heterocycles. The Morgan fingerprint density at radius 1 is 1.00 bits per heavy atom. The van der Waals surface area contributed by atoms with Crippen LogP contribution in [0.2, 0.25) is 0 Å². The van der Waals surface area contributed by atoms with Crippen molar-refractivity contribution in [2.45, 2.75) is 4.90 Å². The number of anilines is 1. The molecule has 0 aliphatic rings. The standard InChI is InChI=1S/C17H17N3O4S/c1-23-15-8-7-14(11-16(15)24-2)25(21,22)20-13-5-3-12(4-6-13)17-18-9-10-19-17/h3-11,20H,1-2H3,(H,18,19). The molecule has 0 saturated heterocycles. The third-order valence-electron chi connectivity index (χ3n) is 3.57. The summed E-state index contributed by atoms with van der Waals surface area (Å²) in [6, 6.07) is 11.3. The Balaban J connectivity index is 1.84. The molecule has 25 heavy (non-hydrogen) atoms. The van der Waals surface area contributed by atoms with Gasteiger partial charge >= 0.3 is 0 Å². The second-order valence-electron chi connectivity index (χ2n) is 5.14. The lowest BCUT2D eigenvalue weighted by molar-refractivity contribution is 0.354. The van der Waals surface area contributed by atoms with Crippen molar-refractivity contribution < 1.29 is 17.9 Å². The number of nitrogens with one attached hydrogen (secondary N) is 2. The summed E-state index contributed by atoms with van der Waals surface area (Å²) >= 11 is 0. The molecule has 0 unspecified atom stereocenters. The molecule has 1 heterocycles. The van der Waals surface area contributed by atoms with E-state index in [-0.39, 0.29) is 4.90 Å². The number of imidazole rings is 1. The molecule has 3 rings (SSSR count). The van der Waals surface area contributed by atoms with Gasteiger partial charge in [-0.05, 0) is 36.4 Å². The van der Waals surface area contributed by atoms with Crippen molar-refractivity contribution in [1.29, 1.82) is 0 Å². The van der Waals surface area contributed by atoms with Crippen LogP contribution in [0.15, 0.2) is 59.8 Å². The lowest BCUT2D eigenvalue weighted by atomic mass is 10.2. The molecule has 0 aliphatic heterocycles. The number of sulfonamides is 1. The van der Waals surface area contributed by atoms with Crippen molar-refractivity contribution in [3.8, 4) is 22.9 Å². The fourth-order valence-corrected chi connectivity index (χ4v) is 3.39. The van der Waals surface area contributed by atoms with Crippen molar-refractivity contribution >= 4 is 15.7 Å². The molecular formula is C17H17N3O4S. The summed E-state index contributed by atoms with van der Waals surface area (Å²) in [5, 5.41) is 0. The highest BCUT2D eigenvalue weighted by molar-refractivity contribution is 7.92. The van der Waals surface area contributed by atoms with E-state index >= 15 is 0 Å². The van der Waals surface area contributed by atoms with Gasteiger partial charge in [0.15, 0.2) is 11.5 Å². The van der Waals surface area contributed by atoms with Crippen molar-refractivity contribution in [2.75, 3.05) is 18.9 Å². The van der Waals surface area contributed by atoms with Crippen molar-refractivity contribution in [3.05, 3.63) is 54.9 Å². The molecule has 8 heteroatoms. The SMILES string of the molecule is COc1ccc(S(=O)(=O)Nc2ccc(-c3ncc[nH]3)cc2)cc1OC. The molecule has 0 saturated carbocycles. The Morgan fingerprint density at radius 2 is 1.72 bits per heavy atom. The third kappa shape index (κ3) is 3.58. The monoisotopic (exact) mass is 359 g/mol. The molecule has 2 N–H and O–H groups in total. The largest absolute Gasteiger partial charge is 0.493 e. The number of nitrogens with zero attached hydrogens (tertiary/aromatic N) is 1. The summed E-state index contributed by atoms with van der Waals surface area (Å²) < 4.78 is 37.9. The lowest BCUT2D eigenvalue weighted by Crippen LogP contribution is -2.13. The zero-order valence-corrected chi connectivity index (χ0v) is 14.5. The zero-order valence-electron chi connectivity index (χ0n) is 13.7. The van der Waals surface area contributed by atoms with Gasteiger partial charge in [-0.15, -0.1) is 0 Å². The normalized spacial score (nSPS) is 11.1. The summed E-state index contributed by atoms with van der Waals surface area (Å²) in [4.78, 5) is 7.23. The van der Waals surface area contributed by atoms with E-state index in [0.717, 1.165) is 5.56 Å². The molecule has 0 atom stereocenters. The van der Waals surface area contributed by atoms with Gasteiger partial charge in [0.25, 0.3) is 10.0 Å². The van der Waals surface area contributed by atoms with Crippen molar-refractivity contribution in [3.63, 3.8) is 0 Å². The van der Waals surface area contributed by atoms with E-state index in [1.54, 1.807) is 42.7 Å². The molecule has 0 fully saturated rings. The lowest BCUT2D eigenvalue weighted by Gasteiger charge is -2.12. The maximum absolute atomic E-state index is 12.6. The third-order valence-corrected chi connectivity index (χ3v) is 4.95. The first-order chi connectivity index (χ1) is 12.0. The number of rotatable bonds is 6. The average Bonchev–Trinajstić information content (AvgIpc) is 3.16. The van der Waals surface area contributed by atoms with Gasteiger partial charge in [-0.2, -0.15) is 0 Å². The molecule has 0 amide bonds. The van der Waals surface area contributed by atoms with Crippen LogP contribution in [-0.4, -0.2) is 32.6 Å². The molecule has 7 nitrogen and oxygen atoms in total. The molecule has 0 spiro atoms. The highest BCUT2D eigenvalue weighted by Gasteiger charge is 2.17. The van der Waals surface area contributed by atoms with E-state index < -0.39 is 10.0 Å². The predicted molar refractivity (Wildman–Crippen MR) is 94.4 cm³/mol. The summed E-state index contributed by atoms with van der Waals surface area (Å²) in [6.07, 6.45) is 3.38. The number of methoxy groups -OCH3 is 2. The van der Waals surface area contributed by atoms with Gasteiger partial charge in [0.05, 0.1) is 19.1 Å². The van der Waals surface area contributed by atoms with E-state index in [0.29, 0.717) is 23.0 Å². The Hall–Kier alpha value is -3.00. The Bertz CT molecular complexity index is 952. The van der Waals surface area contributed by atoms with Crippen molar-refractivity contribution in [2.24, 2.45) is 0 Å². The van der Waals surface area contributed by atoms with Gasteiger partial charge in [0.1, 0.15) is 5.82 Å². The molecule has 3 aromatic rings. The van der Waals surface area contributed by atoms with Crippen LogP contribution in [0.25, 0.3) is 11.4 Å². The quantitative estimate of drug-likeness (QED) is 0.706. The summed E-state index contributed by atoms with van der Waals surface area (Å²) in [5.74, 6) is 1.53. The smallest absolute Gasteiger partial charge is 0.262 e. The van der Waals surface area contributed by atoms with Gasteiger partial charge in [-0.1, -0.05) is 0 Å².